The summed E-state index contributed by atoms with van der Waals surface area (Å²) >= 11 is 0. The van der Waals surface area contributed by atoms with Crippen LogP contribution in [0.25, 0.3) is 0 Å². The molecule has 0 aromatic heterocycles. The van der Waals surface area contributed by atoms with Gasteiger partial charge in [0, 0.05) is 6.42 Å². The summed E-state index contributed by atoms with van der Waals surface area (Å²) in [4.78, 5) is 8.10. The van der Waals surface area contributed by atoms with Gasteiger partial charge in [0.05, 0.1) is 0 Å². The van der Waals surface area contributed by atoms with Gasteiger partial charge in [-0.1, -0.05) is 30.3 Å². The van der Waals surface area contributed by atoms with Gasteiger partial charge in [-0.25, -0.2) is 9.78 Å². The molecule has 4 nitrogen and oxygen atoms in total. The second-order valence-electron chi connectivity index (χ2n) is 3.54. The molecule has 0 aliphatic rings. The van der Waals surface area contributed by atoms with Crippen molar-refractivity contribution in [3.8, 4) is 0 Å². The summed E-state index contributed by atoms with van der Waals surface area (Å²) < 4.78 is 0. The van der Waals surface area contributed by atoms with Crippen LogP contribution in [0.1, 0.15) is 11.1 Å². The lowest BCUT2D eigenvalue weighted by Crippen LogP contribution is -2.20. The lowest BCUT2D eigenvalue weighted by molar-refractivity contribution is -0.325. The van der Waals surface area contributed by atoms with Crippen LogP contribution in [0.4, 0.5) is 0 Å². The molecule has 2 N–H and O–H groups in total. The highest BCUT2D eigenvalue weighted by Gasteiger charge is 2.10. The van der Waals surface area contributed by atoms with E-state index in [0.717, 1.165) is 12.0 Å². The van der Waals surface area contributed by atoms with Crippen LogP contribution in [0, 0.1) is 0 Å². The molecule has 0 saturated carbocycles. The number of hydrogen-bond acceptors (Lipinski definition) is 4. The molecule has 1 atom stereocenters. The summed E-state index contributed by atoms with van der Waals surface area (Å²) in [6.07, 6.45) is 2.59. The van der Waals surface area contributed by atoms with E-state index in [0.29, 0.717) is 6.42 Å². The molecule has 1 aromatic carbocycles. The van der Waals surface area contributed by atoms with E-state index in [1.807, 2.05) is 30.3 Å². The highest BCUT2D eigenvalue weighted by Crippen LogP contribution is 2.09. The zero-order valence-corrected chi connectivity index (χ0v) is 9.00. The van der Waals surface area contributed by atoms with Crippen molar-refractivity contribution in [3.63, 3.8) is 0 Å². The number of allylic oxidation sites excluding steroid dienone is 1. The summed E-state index contributed by atoms with van der Waals surface area (Å²) in [7, 11) is 0. The first-order chi connectivity index (χ1) is 7.80. The van der Waals surface area contributed by atoms with E-state index in [2.05, 4.69) is 16.4 Å². The maximum atomic E-state index is 8.55. The number of rotatable bonds is 7. The van der Waals surface area contributed by atoms with Crippen LogP contribution in [-0.2, 0) is 22.6 Å². The molecule has 0 amide bonds. The highest BCUT2D eigenvalue weighted by atomic mass is 17.1. The molecule has 4 heteroatoms. The SMILES string of the molecule is C=CCc1ccc(CC(COO)OO)cc1. The minimum atomic E-state index is -0.560. The summed E-state index contributed by atoms with van der Waals surface area (Å²) in [5, 5.41) is 16.8. The third kappa shape index (κ3) is 4.12. The fourth-order valence-electron chi connectivity index (χ4n) is 1.45. The van der Waals surface area contributed by atoms with Gasteiger partial charge in [0.2, 0.25) is 0 Å². The minimum absolute atomic E-state index is 0.0646. The Balaban J connectivity index is 2.56. The Kier molecular flexibility index (Phi) is 5.74. The van der Waals surface area contributed by atoms with Gasteiger partial charge in [-0.3, -0.25) is 10.5 Å². The first-order valence-corrected chi connectivity index (χ1v) is 5.05. The highest BCUT2D eigenvalue weighted by molar-refractivity contribution is 5.24. The van der Waals surface area contributed by atoms with Gasteiger partial charge in [-0.15, -0.1) is 6.58 Å². The topological polar surface area (TPSA) is 58.9 Å². The van der Waals surface area contributed by atoms with Crippen molar-refractivity contribution >= 4 is 0 Å². The summed E-state index contributed by atoms with van der Waals surface area (Å²) in [6, 6.07) is 7.88. The van der Waals surface area contributed by atoms with E-state index >= 15 is 0 Å². The van der Waals surface area contributed by atoms with Crippen molar-refractivity contribution in [1.29, 1.82) is 0 Å². The quantitative estimate of drug-likeness (QED) is 0.424. The molecule has 1 aromatic rings. The van der Waals surface area contributed by atoms with Gasteiger partial charge in [-0.2, -0.15) is 0 Å². The van der Waals surface area contributed by atoms with E-state index in [1.54, 1.807) is 0 Å². The van der Waals surface area contributed by atoms with Crippen molar-refractivity contribution in [2.24, 2.45) is 0 Å². The van der Waals surface area contributed by atoms with E-state index < -0.39 is 6.10 Å². The van der Waals surface area contributed by atoms with Crippen molar-refractivity contribution in [1.82, 2.24) is 0 Å². The molecule has 16 heavy (non-hydrogen) atoms. The third-order valence-electron chi connectivity index (χ3n) is 2.28. The van der Waals surface area contributed by atoms with Crippen molar-refractivity contribution in [2.75, 3.05) is 6.61 Å². The van der Waals surface area contributed by atoms with Crippen molar-refractivity contribution in [3.05, 3.63) is 48.0 Å². The molecular weight excluding hydrogens is 208 g/mol. The van der Waals surface area contributed by atoms with Gasteiger partial charge < -0.3 is 0 Å². The molecule has 1 rings (SSSR count). The Bertz CT molecular complexity index is 307. The molecule has 0 aliphatic heterocycles. The Labute approximate surface area is 94.6 Å². The third-order valence-corrected chi connectivity index (χ3v) is 2.28. The molecule has 0 aliphatic carbocycles. The fourth-order valence-corrected chi connectivity index (χ4v) is 1.45. The largest absolute Gasteiger partial charge is 0.252 e. The van der Waals surface area contributed by atoms with Gasteiger partial charge in [0.15, 0.2) is 0 Å². The first-order valence-electron chi connectivity index (χ1n) is 5.05. The Morgan fingerprint density at radius 3 is 2.31 bits per heavy atom. The molecule has 88 valence electrons. The molecular formula is C12H16O4. The smallest absolute Gasteiger partial charge is 0.123 e. The second-order valence-corrected chi connectivity index (χ2v) is 3.54. The minimum Gasteiger partial charge on any atom is -0.252 e. The standard InChI is InChI=1S/C12H16O4/c1-2-3-10-4-6-11(7-5-10)8-12(16-14)9-15-13/h2,4-7,12-14H,1,3,8-9H2. The lowest BCUT2D eigenvalue weighted by Gasteiger charge is -2.11. The molecule has 0 saturated heterocycles. The van der Waals surface area contributed by atoms with Gasteiger partial charge in [0.1, 0.15) is 12.7 Å². The van der Waals surface area contributed by atoms with Crippen LogP contribution in [0.15, 0.2) is 36.9 Å². The van der Waals surface area contributed by atoms with E-state index in [1.165, 1.54) is 5.56 Å². The lowest BCUT2D eigenvalue weighted by atomic mass is 10.0. The number of hydrogen-bond donors (Lipinski definition) is 2. The molecule has 0 heterocycles. The zero-order valence-electron chi connectivity index (χ0n) is 9.00. The van der Waals surface area contributed by atoms with Gasteiger partial charge >= 0.3 is 0 Å². The van der Waals surface area contributed by atoms with E-state index in [-0.39, 0.29) is 6.61 Å². The average molecular weight is 224 g/mol. The predicted octanol–water partition coefficient (Wildman–Crippen LogP) is 2.31. The Morgan fingerprint density at radius 1 is 1.19 bits per heavy atom. The first kappa shape index (κ1) is 12.9. The average Bonchev–Trinajstić information content (AvgIpc) is 2.31. The van der Waals surface area contributed by atoms with Crippen LogP contribution in [0.3, 0.4) is 0 Å². The second kappa shape index (κ2) is 7.14. The zero-order chi connectivity index (χ0) is 11.8. The van der Waals surface area contributed by atoms with Crippen LogP contribution < -0.4 is 0 Å². The summed E-state index contributed by atoms with van der Waals surface area (Å²) in [5.41, 5.74) is 2.18. The Hall–Kier alpha value is -1.20. The molecule has 0 radical (unpaired) electrons. The summed E-state index contributed by atoms with van der Waals surface area (Å²) in [6.45, 7) is 3.60. The van der Waals surface area contributed by atoms with Gasteiger partial charge in [-0.05, 0) is 17.5 Å². The monoisotopic (exact) mass is 224 g/mol. The molecule has 1 unspecified atom stereocenters. The van der Waals surface area contributed by atoms with E-state index in [4.69, 9.17) is 10.5 Å². The molecule has 0 fully saturated rings. The maximum Gasteiger partial charge on any atom is 0.123 e. The fraction of sp³-hybridized carbons (Fsp3) is 0.333. The summed E-state index contributed by atoms with van der Waals surface area (Å²) in [5.74, 6) is 0. The molecule has 0 bridgehead atoms. The van der Waals surface area contributed by atoms with Crippen molar-refractivity contribution in [2.45, 2.75) is 18.9 Å². The van der Waals surface area contributed by atoms with Crippen LogP contribution >= 0.6 is 0 Å². The maximum absolute atomic E-state index is 8.55. The van der Waals surface area contributed by atoms with E-state index in [9.17, 15) is 0 Å². The normalized spacial score (nSPS) is 12.4. The van der Waals surface area contributed by atoms with Crippen molar-refractivity contribution < 1.29 is 20.3 Å². The number of benzene rings is 1. The predicted molar refractivity (Wildman–Crippen MR) is 60.1 cm³/mol. The Morgan fingerprint density at radius 2 is 1.81 bits per heavy atom. The van der Waals surface area contributed by atoms with Crippen LogP contribution in [0.2, 0.25) is 0 Å². The van der Waals surface area contributed by atoms with Crippen LogP contribution in [-0.4, -0.2) is 23.2 Å². The molecule has 0 spiro atoms. The van der Waals surface area contributed by atoms with Crippen LogP contribution in [0.5, 0.6) is 0 Å². The van der Waals surface area contributed by atoms with Gasteiger partial charge in [0.25, 0.3) is 0 Å².